The van der Waals surface area contributed by atoms with Crippen molar-refractivity contribution in [1.29, 1.82) is 0 Å². The van der Waals surface area contributed by atoms with Crippen LogP contribution in [0.2, 0.25) is 0 Å². The molecule has 0 N–H and O–H groups in total. The van der Waals surface area contributed by atoms with E-state index in [0.29, 0.717) is 0 Å². The molecule has 0 saturated carbocycles. The molecule has 2 rings (SSSR count). The van der Waals surface area contributed by atoms with Crippen molar-refractivity contribution in [2.24, 2.45) is 0 Å². The predicted molar refractivity (Wildman–Crippen MR) is 57.3 cm³/mol. The van der Waals surface area contributed by atoms with Crippen molar-refractivity contribution in [3.63, 3.8) is 0 Å². The lowest BCUT2D eigenvalue weighted by molar-refractivity contribution is -0.746. The van der Waals surface area contributed by atoms with Gasteiger partial charge in [-0.1, -0.05) is 46.4 Å². The van der Waals surface area contributed by atoms with Crippen LogP contribution >= 0.6 is 11.3 Å². The highest BCUT2D eigenvalue weighted by molar-refractivity contribution is 7.10. The summed E-state index contributed by atoms with van der Waals surface area (Å²) in [6.45, 7) is 5.02. The molecule has 0 fully saturated rings. The highest BCUT2D eigenvalue weighted by Gasteiger charge is 2.12. The van der Waals surface area contributed by atoms with Crippen LogP contribution in [-0.4, -0.2) is 5.10 Å². The standard InChI is InChI=1S/C11H13N2S/c1-9-12-13(10(2)14-9)8-11-6-4-3-5-7-11/h3-7H,8H2,1-2H3/q+1. The van der Waals surface area contributed by atoms with Gasteiger partial charge in [-0.25, -0.2) is 0 Å². The van der Waals surface area contributed by atoms with Crippen LogP contribution in [0.5, 0.6) is 0 Å². The lowest BCUT2D eigenvalue weighted by Gasteiger charge is -1.92. The third-order valence-corrected chi connectivity index (χ3v) is 2.98. The Morgan fingerprint density at radius 3 is 2.50 bits per heavy atom. The molecule has 14 heavy (non-hydrogen) atoms. The average Bonchev–Trinajstić information content (AvgIpc) is 2.47. The second-order valence-electron chi connectivity index (χ2n) is 3.28. The summed E-state index contributed by atoms with van der Waals surface area (Å²) in [6.07, 6.45) is 0. The first-order chi connectivity index (χ1) is 6.75. The minimum absolute atomic E-state index is 0.872. The van der Waals surface area contributed by atoms with Gasteiger partial charge < -0.3 is 0 Å². The maximum absolute atomic E-state index is 4.44. The molecule has 1 heterocycles. The van der Waals surface area contributed by atoms with Gasteiger partial charge in [-0.3, -0.25) is 0 Å². The molecule has 0 aliphatic rings. The fourth-order valence-corrected chi connectivity index (χ4v) is 2.21. The van der Waals surface area contributed by atoms with E-state index in [1.54, 1.807) is 11.3 Å². The van der Waals surface area contributed by atoms with Gasteiger partial charge in [0.05, 0.1) is 0 Å². The van der Waals surface area contributed by atoms with Crippen molar-refractivity contribution in [2.75, 3.05) is 0 Å². The highest BCUT2D eigenvalue weighted by atomic mass is 32.1. The Morgan fingerprint density at radius 1 is 1.21 bits per heavy atom. The van der Waals surface area contributed by atoms with Crippen LogP contribution in [0.4, 0.5) is 0 Å². The number of hydrogen-bond donors (Lipinski definition) is 0. The Hall–Kier alpha value is -1.22. The molecule has 0 aliphatic carbocycles. The number of benzene rings is 1. The van der Waals surface area contributed by atoms with Crippen molar-refractivity contribution in [3.05, 3.63) is 45.9 Å². The molecule has 0 bridgehead atoms. The lowest BCUT2D eigenvalue weighted by atomic mass is 10.2. The molecular weight excluding hydrogens is 192 g/mol. The zero-order chi connectivity index (χ0) is 9.97. The van der Waals surface area contributed by atoms with Crippen molar-refractivity contribution in [2.45, 2.75) is 20.4 Å². The predicted octanol–water partition coefficient (Wildman–Crippen LogP) is 2.10. The number of hydrogen-bond acceptors (Lipinski definition) is 2. The summed E-state index contributed by atoms with van der Waals surface area (Å²) in [5.41, 5.74) is 1.30. The van der Waals surface area contributed by atoms with Crippen LogP contribution in [0.25, 0.3) is 0 Å². The fourth-order valence-electron chi connectivity index (χ4n) is 1.43. The van der Waals surface area contributed by atoms with Crippen molar-refractivity contribution in [3.8, 4) is 0 Å². The van der Waals surface area contributed by atoms with E-state index in [4.69, 9.17) is 0 Å². The van der Waals surface area contributed by atoms with Crippen LogP contribution in [0.1, 0.15) is 15.6 Å². The normalized spacial score (nSPS) is 10.4. The van der Waals surface area contributed by atoms with E-state index < -0.39 is 0 Å². The van der Waals surface area contributed by atoms with Crippen LogP contribution in [-0.2, 0) is 6.54 Å². The molecule has 2 nitrogen and oxygen atoms in total. The molecule has 0 amide bonds. The molecule has 0 spiro atoms. The molecule has 72 valence electrons. The van der Waals surface area contributed by atoms with E-state index in [-0.39, 0.29) is 0 Å². The van der Waals surface area contributed by atoms with Crippen LogP contribution < -0.4 is 4.68 Å². The molecule has 2 aromatic rings. The first-order valence-electron chi connectivity index (χ1n) is 4.64. The van der Waals surface area contributed by atoms with E-state index in [0.717, 1.165) is 11.6 Å². The van der Waals surface area contributed by atoms with Gasteiger partial charge in [-0.15, -0.1) is 0 Å². The summed E-state index contributed by atoms with van der Waals surface area (Å²) in [5.74, 6) is 0. The summed E-state index contributed by atoms with van der Waals surface area (Å²) in [4.78, 5) is 0. The average molecular weight is 205 g/mol. The van der Waals surface area contributed by atoms with E-state index in [2.05, 4.69) is 41.0 Å². The van der Waals surface area contributed by atoms with Gasteiger partial charge in [-0.05, 0) is 6.92 Å². The molecule has 3 heteroatoms. The van der Waals surface area contributed by atoms with Gasteiger partial charge in [0.25, 0.3) is 5.01 Å². The van der Waals surface area contributed by atoms with E-state index in [1.807, 2.05) is 13.0 Å². The van der Waals surface area contributed by atoms with Gasteiger partial charge in [0.2, 0.25) is 6.54 Å². The van der Waals surface area contributed by atoms with Crippen LogP contribution in [0.15, 0.2) is 30.3 Å². The van der Waals surface area contributed by atoms with Gasteiger partial charge >= 0.3 is 0 Å². The van der Waals surface area contributed by atoms with Gasteiger partial charge in [0.15, 0.2) is 5.01 Å². The van der Waals surface area contributed by atoms with Crippen molar-refractivity contribution < 1.29 is 4.68 Å². The summed E-state index contributed by atoms with van der Waals surface area (Å²) >= 11 is 1.74. The maximum atomic E-state index is 4.44. The Morgan fingerprint density at radius 2 is 1.93 bits per heavy atom. The zero-order valence-corrected chi connectivity index (χ0v) is 9.21. The minimum Gasteiger partial charge on any atom is -0.0733 e. The first-order valence-corrected chi connectivity index (χ1v) is 5.45. The summed E-state index contributed by atoms with van der Waals surface area (Å²) in [7, 11) is 0. The zero-order valence-electron chi connectivity index (χ0n) is 8.40. The van der Waals surface area contributed by atoms with Crippen molar-refractivity contribution >= 4 is 11.3 Å². The lowest BCUT2D eigenvalue weighted by Crippen LogP contribution is -2.38. The summed E-state index contributed by atoms with van der Waals surface area (Å²) < 4.78 is 2.05. The Balaban J connectivity index is 2.23. The summed E-state index contributed by atoms with van der Waals surface area (Å²) in [6, 6.07) is 10.4. The maximum Gasteiger partial charge on any atom is 0.262 e. The van der Waals surface area contributed by atoms with E-state index in [9.17, 15) is 0 Å². The molecule has 0 atom stereocenters. The highest BCUT2D eigenvalue weighted by Crippen LogP contribution is 2.05. The van der Waals surface area contributed by atoms with Gasteiger partial charge in [-0.2, -0.15) is 0 Å². The molecule has 0 radical (unpaired) electrons. The second kappa shape index (κ2) is 3.88. The minimum atomic E-state index is 0.872. The van der Waals surface area contributed by atoms with E-state index in [1.165, 1.54) is 10.6 Å². The fraction of sp³-hybridized carbons (Fsp3) is 0.273. The SMILES string of the molecule is Cc1n[n+](Cc2ccccc2)c(C)s1. The number of aromatic nitrogens is 2. The van der Waals surface area contributed by atoms with Gasteiger partial charge in [0, 0.05) is 17.6 Å². The molecule has 0 aliphatic heterocycles. The monoisotopic (exact) mass is 205 g/mol. The largest absolute Gasteiger partial charge is 0.262 e. The Bertz CT molecular complexity index is 420. The molecule has 0 unspecified atom stereocenters. The molecule has 1 aromatic carbocycles. The number of rotatable bonds is 2. The second-order valence-corrected chi connectivity index (χ2v) is 4.67. The van der Waals surface area contributed by atoms with Crippen molar-refractivity contribution in [1.82, 2.24) is 5.10 Å². The Labute approximate surface area is 87.8 Å². The smallest absolute Gasteiger partial charge is 0.0733 e. The molecule has 1 aromatic heterocycles. The van der Waals surface area contributed by atoms with Crippen LogP contribution in [0, 0.1) is 13.8 Å². The number of aryl methyl sites for hydroxylation is 2. The quantitative estimate of drug-likeness (QED) is 0.686. The first kappa shape index (κ1) is 9.34. The molecule has 0 saturated heterocycles. The van der Waals surface area contributed by atoms with E-state index >= 15 is 0 Å². The number of nitrogens with zero attached hydrogens (tertiary/aromatic N) is 2. The van der Waals surface area contributed by atoms with Gasteiger partial charge in [0.1, 0.15) is 0 Å². The Kier molecular flexibility index (Phi) is 2.59. The summed E-state index contributed by atoms with van der Waals surface area (Å²) in [5, 5.41) is 6.82. The molecular formula is C11H13N2S+. The topological polar surface area (TPSA) is 16.8 Å². The third-order valence-electron chi connectivity index (χ3n) is 2.10. The third kappa shape index (κ3) is 1.99. The van der Waals surface area contributed by atoms with Crippen LogP contribution in [0.3, 0.4) is 0 Å².